The third-order valence-electron chi connectivity index (χ3n) is 2.98. The van der Waals surface area contributed by atoms with Crippen molar-refractivity contribution in [2.75, 3.05) is 5.73 Å². The fraction of sp³-hybridized carbons (Fsp3) is 0.583. The molecule has 1 heterocycles. The molecule has 0 bridgehead atoms. The molecule has 1 saturated carbocycles. The van der Waals surface area contributed by atoms with Gasteiger partial charge in [-0.2, -0.15) is 0 Å². The number of nitrogens with zero attached hydrogens (tertiary/aromatic N) is 2. The highest BCUT2D eigenvalue weighted by atomic mass is 16.2. The number of carbonyl (C=O) groups excluding carboxylic acids is 1. The number of nitrogens with one attached hydrogen (secondary N) is 1. The van der Waals surface area contributed by atoms with Crippen LogP contribution in [0.3, 0.4) is 0 Å². The number of rotatable bonds is 3. The topological polar surface area (TPSA) is 80.9 Å². The van der Waals surface area contributed by atoms with E-state index in [0.29, 0.717) is 11.5 Å². The minimum Gasteiger partial charge on any atom is -0.396 e. The van der Waals surface area contributed by atoms with Gasteiger partial charge in [-0.1, -0.05) is 13.8 Å². The lowest BCUT2D eigenvalue weighted by molar-refractivity contribution is 0.0931. The minimum absolute atomic E-state index is 0.0630. The molecule has 5 nitrogen and oxygen atoms in total. The van der Waals surface area contributed by atoms with E-state index in [1.807, 2.05) is 20.8 Å². The van der Waals surface area contributed by atoms with Crippen LogP contribution in [0, 0.1) is 0 Å². The maximum absolute atomic E-state index is 12.0. The van der Waals surface area contributed by atoms with E-state index in [1.54, 1.807) is 0 Å². The largest absolute Gasteiger partial charge is 0.396 e. The first-order chi connectivity index (χ1) is 7.91. The van der Waals surface area contributed by atoms with Crippen molar-refractivity contribution in [2.24, 2.45) is 0 Å². The van der Waals surface area contributed by atoms with Gasteiger partial charge >= 0.3 is 0 Å². The van der Waals surface area contributed by atoms with Gasteiger partial charge in [0, 0.05) is 11.5 Å². The Morgan fingerprint density at radius 1 is 1.53 bits per heavy atom. The van der Waals surface area contributed by atoms with E-state index in [-0.39, 0.29) is 23.1 Å². The molecule has 0 saturated heterocycles. The Morgan fingerprint density at radius 2 is 2.18 bits per heavy atom. The number of nitrogen functional groups attached to an aromatic ring is 1. The average molecular weight is 234 g/mol. The van der Waals surface area contributed by atoms with E-state index in [0.717, 1.165) is 12.8 Å². The van der Waals surface area contributed by atoms with Crippen molar-refractivity contribution >= 4 is 11.6 Å². The van der Waals surface area contributed by atoms with Crippen LogP contribution in [0.15, 0.2) is 6.20 Å². The van der Waals surface area contributed by atoms with Gasteiger partial charge in [-0.25, -0.2) is 9.97 Å². The molecule has 1 amide bonds. The summed E-state index contributed by atoms with van der Waals surface area (Å²) in [6, 6.07) is 0. The monoisotopic (exact) mass is 234 g/mol. The molecule has 0 aromatic carbocycles. The lowest BCUT2D eigenvalue weighted by atomic mass is 10.2. The summed E-state index contributed by atoms with van der Waals surface area (Å²) in [5.74, 6) is 0.621. The van der Waals surface area contributed by atoms with Gasteiger partial charge in [0.1, 0.15) is 5.82 Å². The van der Waals surface area contributed by atoms with Gasteiger partial charge in [0.05, 0.1) is 11.9 Å². The molecule has 3 N–H and O–H groups in total. The van der Waals surface area contributed by atoms with Crippen molar-refractivity contribution in [3.63, 3.8) is 0 Å². The Kier molecular flexibility index (Phi) is 2.77. The van der Waals surface area contributed by atoms with Crippen molar-refractivity contribution in [3.8, 4) is 0 Å². The molecule has 0 radical (unpaired) electrons. The number of hydrogen-bond donors (Lipinski definition) is 2. The van der Waals surface area contributed by atoms with Gasteiger partial charge in [-0.05, 0) is 19.8 Å². The molecule has 92 valence electrons. The molecule has 2 rings (SSSR count). The summed E-state index contributed by atoms with van der Waals surface area (Å²) >= 11 is 0. The molecule has 1 aliphatic rings. The first-order valence-electron chi connectivity index (χ1n) is 5.86. The van der Waals surface area contributed by atoms with Gasteiger partial charge in [-0.3, -0.25) is 4.79 Å². The summed E-state index contributed by atoms with van der Waals surface area (Å²) in [7, 11) is 0. The zero-order valence-electron chi connectivity index (χ0n) is 10.4. The summed E-state index contributed by atoms with van der Waals surface area (Å²) in [4.78, 5) is 20.4. The predicted octanol–water partition coefficient (Wildman–Crippen LogP) is 1.46. The standard InChI is InChI=1S/C12H18N4O/c1-7(2)10-14-6-8(13)9(15-10)11(17)16-12(3)4-5-12/h6-7H,4-5,13H2,1-3H3,(H,16,17). The van der Waals surface area contributed by atoms with E-state index in [9.17, 15) is 4.79 Å². The third kappa shape index (κ3) is 2.54. The predicted molar refractivity (Wildman–Crippen MR) is 65.6 cm³/mol. The molecule has 1 fully saturated rings. The van der Waals surface area contributed by atoms with Crippen molar-refractivity contribution in [1.82, 2.24) is 15.3 Å². The van der Waals surface area contributed by atoms with Gasteiger partial charge in [0.2, 0.25) is 0 Å². The highest BCUT2D eigenvalue weighted by Crippen LogP contribution is 2.34. The first kappa shape index (κ1) is 11.8. The van der Waals surface area contributed by atoms with E-state index < -0.39 is 0 Å². The zero-order valence-corrected chi connectivity index (χ0v) is 10.4. The van der Waals surface area contributed by atoms with Crippen LogP contribution in [-0.4, -0.2) is 21.4 Å². The van der Waals surface area contributed by atoms with Crippen LogP contribution in [-0.2, 0) is 0 Å². The molecule has 1 aromatic heterocycles. The van der Waals surface area contributed by atoms with Crippen LogP contribution in [0.4, 0.5) is 5.69 Å². The van der Waals surface area contributed by atoms with Crippen LogP contribution in [0.2, 0.25) is 0 Å². The lowest BCUT2D eigenvalue weighted by Gasteiger charge is -2.13. The van der Waals surface area contributed by atoms with Gasteiger partial charge < -0.3 is 11.1 Å². The fourth-order valence-corrected chi connectivity index (χ4v) is 1.51. The zero-order chi connectivity index (χ0) is 12.6. The molecule has 0 unspecified atom stereocenters. The maximum atomic E-state index is 12.0. The molecule has 0 spiro atoms. The number of aromatic nitrogens is 2. The summed E-state index contributed by atoms with van der Waals surface area (Å²) in [6.07, 6.45) is 3.54. The molecule has 1 aliphatic carbocycles. The Bertz CT molecular complexity index is 452. The lowest BCUT2D eigenvalue weighted by Crippen LogP contribution is -2.35. The van der Waals surface area contributed by atoms with Crippen LogP contribution in [0.25, 0.3) is 0 Å². The Balaban J connectivity index is 2.24. The summed E-state index contributed by atoms with van der Waals surface area (Å²) in [6.45, 7) is 5.98. The molecular weight excluding hydrogens is 216 g/mol. The van der Waals surface area contributed by atoms with Gasteiger partial charge in [-0.15, -0.1) is 0 Å². The number of hydrogen-bond acceptors (Lipinski definition) is 4. The number of nitrogens with two attached hydrogens (primary N) is 1. The van der Waals surface area contributed by atoms with E-state index >= 15 is 0 Å². The molecule has 0 aliphatic heterocycles. The fourth-order valence-electron chi connectivity index (χ4n) is 1.51. The highest BCUT2D eigenvalue weighted by molar-refractivity contribution is 5.97. The average Bonchev–Trinajstić information content (AvgIpc) is 2.96. The number of carbonyl (C=O) groups is 1. The SMILES string of the molecule is CC(C)c1ncc(N)c(C(=O)NC2(C)CC2)n1. The van der Waals surface area contributed by atoms with Crippen LogP contribution < -0.4 is 11.1 Å². The quantitative estimate of drug-likeness (QED) is 0.829. The summed E-state index contributed by atoms with van der Waals surface area (Å²) in [5, 5.41) is 2.94. The Labute approximate surface area is 101 Å². The van der Waals surface area contributed by atoms with Crippen molar-refractivity contribution in [1.29, 1.82) is 0 Å². The number of amides is 1. The second-order valence-corrected chi connectivity index (χ2v) is 5.20. The first-order valence-corrected chi connectivity index (χ1v) is 5.86. The Hall–Kier alpha value is -1.65. The van der Waals surface area contributed by atoms with E-state index in [1.165, 1.54) is 6.20 Å². The molecule has 0 atom stereocenters. The molecule has 1 aromatic rings. The molecule has 5 heteroatoms. The van der Waals surface area contributed by atoms with Crippen LogP contribution in [0.1, 0.15) is 55.8 Å². The Morgan fingerprint density at radius 3 is 2.71 bits per heavy atom. The van der Waals surface area contributed by atoms with Crippen LogP contribution in [0.5, 0.6) is 0 Å². The third-order valence-corrected chi connectivity index (χ3v) is 2.98. The van der Waals surface area contributed by atoms with Crippen molar-refractivity contribution < 1.29 is 4.79 Å². The van der Waals surface area contributed by atoms with Crippen LogP contribution >= 0.6 is 0 Å². The maximum Gasteiger partial charge on any atom is 0.272 e. The highest BCUT2D eigenvalue weighted by Gasteiger charge is 2.39. The van der Waals surface area contributed by atoms with Gasteiger partial charge in [0.25, 0.3) is 5.91 Å². The minimum atomic E-state index is -0.202. The normalized spacial score (nSPS) is 16.9. The smallest absolute Gasteiger partial charge is 0.272 e. The molecule has 17 heavy (non-hydrogen) atoms. The second-order valence-electron chi connectivity index (χ2n) is 5.20. The van der Waals surface area contributed by atoms with Crippen molar-refractivity contribution in [2.45, 2.75) is 45.1 Å². The second kappa shape index (κ2) is 3.98. The van der Waals surface area contributed by atoms with Gasteiger partial charge in [0.15, 0.2) is 5.69 Å². The van der Waals surface area contributed by atoms with Crippen molar-refractivity contribution in [3.05, 3.63) is 17.7 Å². The summed E-state index contributed by atoms with van der Waals surface area (Å²) in [5.41, 5.74) is 6.30. The van der Waals surface area contributed by atoms with E-state index in [2.05, 4.69) is 15.3 Å². The number of anilines is 1. The summed E-state index contributed by atoms with van der Waals surface area (Å²) < 4.78 is 0. The molecular formula is C12H18N4O. The van der Waals surface area contributed by atoms with E-state index in [4.69, 9.17) is 5.73 Å².